The van der Waals surface area contributed by atoms with Gasteiger partial charge in [0.25, 0.3) is 5.56 Å². The molecule has 0 unspecified atom stereocenters. The average Bonchev–Trinajstić information content (AvgIpc) is 2.14. The van der Waals surface area contributed by atoms with E-state index in [0.29, 0.717) is 6.29 Å². The number of aromatic amines is 2. The summed E-state index contributed by atoms with van der Waals surface area (Å²) in [5, 5.41) is 7.50. The first-order valence-corrected chi connectivity index (χ1v) is 1.93. The van der Waals surface area contributed by atoms with E-state index < -0.39 is 5.56 Å². The van der Waals surface area contributed by atoms with Crippen LogP contribution in [0.2, 0.25) is 0 Å². The molecule has 0 aliphatic carbocycles. The van der Waals surface area contributed by atoms with E-state index in [1.807, 2.05) is 0 Å². The van der Waals surface area contributed by atoms with Crippen molar-refractivity contribution >= 4 is 6.29 Å². The van der Waals surface area contributed by atoms with E-state index >= 15 is 0 Å². The third-order valence-corrected chi connectivity index (χ3v) is 0.690. The van der Waals surface area contributed by atoms with Gasteiger partial charge in [-0.05, 0) is 0 Å². The summed E-state index contributed by atoms with van der Waals surface area (Å²) in [6.07, 6.45) is 0.384. The molecule has 0 saturated carbocycles. The molecule has 2 N–H and O–H groups in total. The van der Waals surface area contributed by atoms with Gasteiger partial charge in [-0.2, -0.15) is 5.10 Å². The predicted octanol–water partition coefficient (Wildman–Crippen LogP) is -1.09. The lowest BCUT2D eigenvalue weighted by Gasteiger charge is -1.62. The summed E-state index contributed by atoms with van der Waals surface area (Å²) in [4.78, 5) is 20.1. The second-order valence-electron chi connectivity index (χ2n) is 1.18. The lowest BCUT2D eigenvalue weighted by molar-refractivity contribution is 0.111. The van der Waals surface area contributed by atoms with Crippen molar-refractivity contribution in [3.8, 4) is 0 Å². The third kappa shape index (κ3) is 0.534. The van der Waals surface area contributed by atoms with E-state index in [1.54, 1.807) is 0 Å². The Balaban J connectivity index is 3.30. The number of hydrogen-bond acceptors (Lipinski definition) is 3. The minimum absolute atomic E-state index is 0.120. The summed E-state index contributed by atoms with van der Waals surface area (Å²) < 4.78 is 0. The number of hydrogen-bond donors (Lipinski definition) is 2. The van der Waals surface area contributed by atoms with Crippen molar-refractivity contribution in [1.82, 2.24) is 15.4 Å². The van der Waals surface area contributed by atoms with Crippen LogP contribution in [0.4, 0.5) is 0 Å². The van der Waals surface area contributed by atoms with Crippen LogP contribution < -0.4 is 5.56 Å². The van der Waals surface area contributed by atoms with E-state index in [0.717, 1.165) is 0 Å². The van der Waals surface area contributed by atoms with E-state index in [-0.39, 0.29) is 5.69 Å². The number of nitrogens with zero attached hydrogens (tertiary/aromatic N) is 1. The van der Waals surface area contributed by atoms with Crippen molar-refractivity contribution in [2.45, 2.75) is 0 Å². The number of aromatic nitrogens is 3. The van der Waals surface area contributed by atoms with Gasteiger partial charge in [0.1, 0.15) is 0 Å². The summed E-state index contributed by atoms with van der Waals surface area (Å²) in [6, 6.07) is 0. The number of rotatable bonds is 1. The van der Waals surface area contributed by atoms with Crippen LogP contribution in [0.25, 0.3) is 0 Å². The topological polar surface area (TPSA) is 78.6 Å². The molecular weight excluding hydrogens is 110 g/mol. The van der Waals surface area contributed by atoms with Crippen LogP contribution in [0.3, 0.4) is 0 Å². The zero-order valence-electron chi connectivity index (χ0n) is 3.84. The molecule has 8 heavy (non-hydrogen) atoms. The Morgan fingerprint density at radius 1 is 1.62 bits per heavy atom. The molecule has 1 aromatic heterocycles. The van der Waals surface area contributed by atoms with Crippen LogP contribution in [0.1, 0.15) is 10.5 Å². The van der Waals surface area contributed by atoms with Crippen LogP contribution in [-0.4, -0.2) is 21.7 Å². The van der Waals surface area contributed by atoms with E-state index in [1.165, 1.54) is 0 Å². The fourth-order valence-electron chi connectivity index (χ4n) is 0.334. The lowest BCUT2D eigenvalue weighted by atomic mass is 10.5. The first-order chi connectivity index (χ1) is 3.84. The first kappa shape index (κ1) is 4.76. The summed E-state index contributed by atoms with van der Waals surface area (Å²) in [6.45, 7) is 0. The van der Waals surface area contributed by atoms with E-state index in [9.17, 15) is 9.59 Å². The Morgan fingerprint density at radius 3 is 2.62 bits per heavy atom. The zero-order valence-corrected chi connectivity index (χ0v) is 3.84. The molecule has 1 heterocycles. The fourth-order valence-corrected chi connectivity index (χ4v) is 0.334. The standard InChI is InChI=1S/C3H3N3O2/c7-1-2-3(8)5-6-4-2/h1H,(H2,4,5,6,8). The Morgan fingerprint density at radius 2 is 2.38 bits per heavy atom. The van der Waals surface area contributed by atoms with Gasteiger partial charge >= 0.3 is 0 Å². The molecule has 0 fully saturated rings. The van der Waals surface area contributed by atoms with Gasteiger partial charge in [0.15, 0.2) is 12.0 Å². The molecule has 0 saturated heterocycles. The van der Waals surface area contributed by atoms with Gasteiger partial charge in [-0.3, -0.25) is 9.59 Å². The Hall–Kier alpha value is -1.39. The maximum absolute atomic E-state index is 10.3. The molecule has 0 spiro atoms. The molecule has 0 radical (unpaired) electrons. The molecule has 0 bridgehead atoms. The normalized spacial score (nSPS) is 9.00. The van der Waals surface area contributed by atoms with Gasteiger partial charge in [0.05, 0.1) is 0 Å². The van der Waals surface area contributed by atoms with Gasteiger partial charge in [0, 0.05) is 0 Å². The highest BCUT2D eigenvalue weighted by Gasteiger charge is 1.95. The Labute approximate surface area is 43.7 Å². The van der Waals surface area contributed by atoms with Crippen molar-refractivity contribution in [3.63, 3.8) is 0 Å². The van der Waals surface area contributed by atoms with Gasteiger partial charge in [-0.15, -0.1) is 0 Å². The minimum atomic E-state index is -0.486. The van der Waals surface area contributed by atoms with Crippen molar-refractivity contribution in [3.05, 3.63) is 16.0 Å². The van der Waals surface area contributed by atoms with Gasteiger partial charge in [-0.1, -0.05) is 0 Å². The summed E-state index contributed by atoms with van der Waals surface area (Å²) in [5.41, 5.74) is -0.606. The highest BCUT2D eigenvalue weighted by molar-refractivity contribution is 5.70. The summed E-state index contributed by atoms with van der Waals surface area (Å²) in [5.74, 6) is 0. The van der Waals surface area contributed by atoms with Crippen molar-refractivity contribution in [1.29, 1.82) is 0 Å². The largest absolute Gasteiger partial charge is 0.296 e. The highest BCUT2D eigenvalue weighted by Crippen LogP contribution is 1.66. The fraction of sp³-hybridized carbons (Fsp3) is 0. The SMILES string of the molecule is O=Cc1n[nH][nH]c1=O. The van der Waals surface area contributed by atoms with Gasteiger partial charge in [-0.25, -0.2) is 10.3 Å². The molecule has 0 aliphatic rings. The molecule has 0 atom stereocenters. The third-order valence-electron chi connectivity index (χ3n) is 0.690. The van der Waals surface area contributed by atoms with Crippen LogP contribution >= 0.6 is 0 Å². The molecule has 5 nitrogen and oxygen atoms in total. The molecular formula is C3H3N3O2. The van der Waals surface area contributed by atoms with Crippen molar-refractivity contribution in [2.75, 3.05) is 0 Å². The summed E-state index contributed by atoms with van der Waals surface area (Å²) in [7, 11) is 0. The van der Waals surface area contributed by atoms with Crippen LogP contribution in [-0.2, 0) is 0 Å². The maximum Gasteiger partial charge on any atom is 0.294 e. The molecule has 1 rings (SSSR count). The van der Waals surface area contributed by atoms with Gasteiger partial charge in [0.2, 0.25) is 0 Å². The maximum atomic E-state index is 10.3. The molecule has 42 valence electrons. The van der Waals surface area contributed by atoms with Crippen LogP contribution in [0, 0.1) is 0 Å². The van der Waals surface area contributed by atoms with E-state index in [2.05, 4.69) is 15.4 Å². The monoisotopic (exact) mass is 113 g/mol. The van der Waals surface area contributed by atoms with Gasteiger partial charge < -0.3 is 0 Å². The number of carbonyl (C=O) groups excluding carboxylic acids is 1. The molecule has 0 aliphatic heterocycles. The van der Waals surface area contributed by atoms with Crippen LogP contribution in [0.15, 0.2) is 4.79 Å². The Bertz CT molecular complexity index is 235. The lowest BCUT2D eigenvalue weighted by Crippen LogP contribution is -2.04. The molecule has 0 amide bonds. The average molecular weight is 113 g/mol. The number of H-pyrrole nitrogens is 2. The van der Waals surface area contributed by atoms with Crippen molar-refractivity contribution < 1.29 is 4.79 Å². The minimum Gasteiger partial charge on any atom is -0.296 e. The molecule has 5 heteroatoms. The zero-order chi connectivity index (χ0) is 5.98. The number of aldehydes is 1. The molecule has 0 aromatic carbocycles. The second-order valence-corrected chi connectivity index (χ2v) is 1.18. The number of carbonyl (C=O) groups is 1. The quantitative estimate of drug-likeness (QED) is 0.454. The second kappa shape index (κ2) is 1.61. The smallest absolute Gasteiger partial charge is 0.294 e. The van der Waals surface area contributed by atoms with E-state index in [4.69, 9.17) is 0 Å². The predicted molar refractivity (Wildman–Crippen MR) is 24.6 cm³/mol. The Kier molecular flexibility index (Phi) is 0.957. The summed E-state index contributed by atoms with van der Waals surface area (Å²) >= 11 is 0. The van der Waals surface area contributed by atoms with Crippen LogP contribution in [0.5, 0.6) is 0 Å². The highest BCUT2D eigenvalue weighted by atomic mass is 16.1. The van der Waals surface area contributed by atoms with Crippen molar-refractivity contribution in [2.24, 2.45) is 0 Å². The molecule has 1 aromatic rings. The first-order valence-electron chi connectivity index (χ1n) is 1.93. The number of nitrogens with one attached hydrogen (secondary N) is 2.